The van der Waals surface area contributed by atoms with Crippen molar-refractivity contribution in [3.05, 3.63) is 5.21 Å². The first kappa shape index (κ1) is 69.2. The molecule has 0 saturated heterocycles. The lowest BCUT2D eigenvalue weighted by atomic mass is 9.89. The van der Waals surface area contributed by atoms with Crippen LogP contribution in [-0.2, 0) is 20.0 Å². The van der Waals surface area contributed by atoms with E-state index >= 15 is 0 Å². The average molecular weight is 1090 g/mol. The fraction of sp³-hybridized carbons (Fsp3) is 1.00. The molecule has 0 fully saturated rings. The average Bonchev–Trinajstić information content (AvgIpc) is 3.06. The Morgan fingerprint density at radius 2 is 0.791 bits per heavy atom. The molecule has 0 radical (unpaired) electrons. The van der Waals surface area contributed by atoms with Crippen LogP contribution in [0.1, 0.15) is 51.4 Å². The minimum Gasteiger partial charge on any atom is -0.633 e. The zero-order valence-corrected chi connectivity index (χ0v) is 36.4. The third-order valence-corrected chi connectivity index (χ3v) is 11.4. The third-order valence-electron chi connectivity index (χ3n) is 8.59. The molecule has 0 rings (SSSR count). The van der Waals surface area contributed by atoms with Crippen LogP contribution in [0.3, 0.4) is 0 Å². The van der Waals surface area contributed by atoms with E-state index < -0.39 is 153 Å². The van der Waals surface area contributed by atoms with E-state index in [0.29, 0.717) is 6.54 Å². The molecule has 0 amide bonds. The molecule has 0 aliphatic rings. The highest BCUT2D eigenvalue weighted by molar-refractivity contribution is 7.89. The zero-order chi connectivity index (χ0) is 54.5. The van der Waals surface area contributed by atoms with Gasteiger partial charge in [-0.2, -0.15) is 79.0 Å². The molecule has 0 aromatic carbocycles. The summed E-state index contributed by atoms with van der Waals surface area (Å²) in [5, 5.41) is 23.3. The molecule has 11 nitrogen and oxygen atoms in total. The van der Waals surface area contributed by atoms with Gasteiger partial charge in [-0.15, -0.1) is 0 Å². The van der Waals surface area contributed by atoms with Gasteiger partial charge >= 0.3 is 48.4 Å². The van der Waals surface area contributed by atoms with Crippen LogP contribution in [0.15, 0.2) is 0 Å². The third kappa shape index (κ3) is 26.1. The summed E-state index contributed by atoms with van der Waals surface area (Å²) in [6.07, 6.45) is -54.5. The Labute approximate surface area is 366 Å². The first-order valence-corrected chi connectivity index (χ1v) is 21.3. The number of hydrogen-bond acceptors (Lipinski definition) is 8. The van der Waals surface area contributed by atoms with E-state index in [2.05, 4.69) is 0 Å². The summed E-state index contributed by atoms with van der Waals surface area (Å²) in [6.45, 7) is -0.317. The Hall–Kier alpha value is -2.06. The number of nitrogens with one attached hydrogen (secondary N) is 2. The van der Waals surface area contributed by atoms with Gasteiger partial charge in [-0.1, -0.05) is 0 Å². The molecule has 0 saturated carbocycles. The Morgan fingerprint density at radius 3 is 1.01 bits per heavy atom. The standard InChI is InChI=1S/C15H22F12N2O3S.C15H22F12N2O2S.H2O2/c1-29(2,30)6-3-5-28-33(31,32)7-4-10(13(19,20)21)8-11(16,17)9-12(18,14(22,23)24)15(25,26)27;1-29(2)6-3-5-28-32(30,31)7-4-10(13(19,20)21)8-11(16,17)9-12(18,14(22,23)24)15(25,26)27;1-2/h10,28H,3-9H2,1-2H3;10,28H,3-9H2,1-2H3;1-2H. The molecule has 0 bridgehead atoms. The monoisotopic (exact) mass is 1090 g/mol. The predicted octanol–water partition coefficient (Wildman–Crippen LogP) is 9.38. The van der Waals surface area contributed by atoms with Gasteiger partial charge in [0, 0.05) is 32.4 Å². The SMILES string of the molecule is CN(C)CCCNS(=O)(=O)CCC(CC(F)(F)CC(F)(C(F)(F)F)C(F)(F)F)C(F)(F)F.C[N+](C)([O-])CCCNS(=O)(=O)CCC(CC(F)(F)CC(F)(C(F)(F)F)C(F)(F)F)C(F)(F)F.OO. The van der Waals surface area contributed by atoms with E-state index in [4.69, 9.17) is 10.5 Å². The van der Waals surface area contributed by atoms with Gasteiger partial charge in [-0.25, -0.2) is 52.6 Å². The van der Waals surface area contributed by atoms with Crippen LogP contribution >= 0.6 is 0 Å². The van der Waals surface area contributed by atoms with Crippen LogP contribution in [0.4, 0.5) is 105 Å². The quantitative estimate of drug-likeness (QED) is 0.0245. The van der Waals surface area contributed by atoms with Crippen molar-refractivity contribution in [3.8, 4) is 0 Å². The molecule has 4 N–H and O–H groups in total. The fourth-order valence-corrected chi connectivity index (χ4v) is 7.50. The summed E-state index contributed by atoms with van der Waals surface area (Å²) in [5.74, 6) is -20.4. The maximum Gasteiger partial charge on any atom is 0.431 e. The number of sulfonamides is 2. The molecule has 67 heavy (non-hydrogen) atoms. The van der Waals surface area contributed by atoms with Crippen LogP contribution in [0.25, 0.3) is 0 Å². The van der Waals surface area contributed by atoms with Gasteiger partial charge in [-0.3, -0.25) is 10.5 Å². The van der Waals surface area contributed by atoms with Crippen LogP contribution in [0.5, 0.6) is 0 Å². The number of rotatable bonds is 24. The van der Waals surface area contributed by atoms with E-state index in [1.54, 1.807) is 23.7 Å². The van der Waals surface area contributed by atoms with E-state index in [1.165, 1.54) is 14.1 Å². The summed E-state index contributed by atoms with van der Waals surface area (Å²) in [7, 11) is -3.23. The molecule has 0 aromatic rings. The molecule has 0 heterocycles. The summed E-state index contributed by atoms with van der Waals surface area (Å²) in [4.78, 5) is 1.66. The number of nitrogens with zero attached hydrogens (tertiary/aromatic N) is 2. The van der Waals surface area contributed by atoms with Crippen molar-refractivity contribution < 1.29 is 137 Å². The first-order valence-electron chi connectivity index (χ1n) is 18.0. The highest BCUT2D eigenvalue weighted by Crippen LogP contribution is 2.54. The van der Waals surface area contributed by atoms with Gasteiger partial charge in [-0.05, 0) is 39.9 Å². The molecule has 0 aliphatic carbocycles. The predicted molar refractivity (Wildman–Crippen MR) is 186 cm³/mol. The zero-order valence-electron chi connectivity index (χ0n) is 34.8. The van der Waals surface area contributed by atoms with Crippen molar-refractivity contribution in [2.75, 3.05) is 65.9 Å². The molecule has 2 unspecified atom stereocenters. The number of halogens is 24. The van der Waals surface area contributed by atoms with Crippen LogP contribution in [0.2, 0.25) is 0 Å². The highest BCUT2D eigenvalue weighted by Gasteiger charge is 2.76. The van der Waals surface area contributed by atoms with Crippen molar-refractivity contribution in [2.45, 2.75) is 112 Å². The maximum absolute atomic E-state index is 13.8. The van der Waals surface area contributed by atoms with Crippen molar-refractivity contribution in [3.63, 3.8) is 0 Å². The van der Waals surface area contributed by atoms with Crippen LogP contribution in [0, 0.1) is 17.0 Å². The largest absolute Gasteiger partial charge is 0.633 e. The summed E-state index contributed by atoms with van der Waals surface area (Å²) in [5.41, 5.74) is -12.9. The Kier molecular flexibility index (Phi) is 25.7. The Balaban J connectivity index is -0.00000118. The highest BCUT2D eigenvalue weighted by atomic mass is 32.2. The van der Waals surface area contributed by atoms with Crippen molar-refractivity contribution in [1.82, 2.24) is 14.3 Å². The second-order valence-electron chi connectivity index (χ2n) is 15.4. The van der Waals surface area contributed by atoms with Crippen molar-refractivity contribution in [2.24, 2.45) is 11.8 Å². The summed E-state index contributed by atoms with van der Waals surface area (Å²) in [6, 6.07) is 0. The molecular weight excluding hydrogens is 1050 g/mol. The van der Waals surface area contributed by atoms with E-state index in [9.17, 15) is 127 Å². The van der Waals surface area contributed by atoms with E-state index in [-0.39, 0.29) is 25.9 Å². The number of quaternary nitrogens is 1. The van der Waals surface area contributed by atoms with Crippen LogP contribution < -0.4 is 9.44 Å². The number of alkyl halides is 24. The Morgan fingerprint density at radius 1 is 0.522 bits per heavy atom. The van der Waals surface area contributed by atoms with Gasteiger partial charge in [0.05, 0.1) is 56.8 Å². The van der Waals surface area contributed by atoms with Gasteiger partial charge in [0.15, 0.2) is 0 Å². The van der Waals surface area contributed by atoms with E-state index in [1.807, 2.05) is 4.72 Å². The van der Waals surface area contributed by atoms with Gasteiger partial charge in [0.1, 0.15) is 0 Å². The van der Waals surface area contributed by atoms with Crippen molar-refractivity contribution >= 4 is 20.0 Å². The van der Waals surface area contributed by atoms with Crippen LogP contribution in [-0.4, -0.2) is 163 Å². The normalized spacial score (nSPS) is 15.7. The maximum atomic E-state index is 13.8. The lowest BCUT2D eigenvalue weighted by molar-refractivity contribution is -0.840. The summed E-state index contributed by atoms with van der Waals surface area (Å²) < 4.78 is 360. The lowest BCUT2D eigenvalue weighted by Crippen LogP contribution is -2.56. The second-order valence-corrected chi connectivity index (χ2v) is 19.2. The van der Waals surface area contributed by atoms with E-state index in [0.717, 1.165) is 0 Å². The topological polar surface area (TPSA) is 159 Å². The summed E-state index contributed by atoms with van der Waals surface area (Å²) >= 11 is 0. The molecule has 0 aliphatic heterocycles. The lowest BCUT2D eigenvalue weighted by Gasteiger charge is -2.34. The molecule has 2 atom stereocenters. The van der Waals surface area contributed by atoms with Crippen molar-refractivity contribution in [1.29, 1.82) is 0 Å². The molecule has 37 heteroatoms. The molecule has 0 aromatic heterocycles. The number of hydrogen-bond donors (Lipinski definition) is 4. The molecule has 0 spiro atoms. The molecule has 408 valence electrons. The van der Waals surface area contributed by atoms with Gasteiger partial charge in [0.25, 0.3) is 11.8 Å². The van der Waals surface area contributed by atoms with Gasteiger partial charge in [0.2, 0.25) is 20.0 Å². The second kappa shape index (κ2) is 24.9. The minimum atomic E-state index is -6.90. The van der Waals surface area contributed by atoms with Gasteiger partial charge < -0.3 is 14.8 Å². The number of hydroxylamine groups is 3. The Bertz CT molecular complexity index is 1630. The first-order chi connectivity index (χ1) is 29.2. The molecular formula is C30H46F24N4O7S2. The fourth-order valence-electron chi connectivity index (χ4n) is 5.11. The smallest absolute Gasteiger partial charge is 0.431 e. The minimum absolute atomic E-state index is 0.0516.